The first kappa shape index (κ1) is 39.8. The third kappa shape index (κ3) is 9.18. The molecule has 0 saturated heterocycles. The fraction of sp³-hybridized carbons (Fsp3) is 0.357. The average molecular weight is 764 g/mol. The standard InChI is InChI=1S/C18H14F9N2O2S.C10H14.ClH.Ru/c19-15(20,17(23,24)25)16(21,22)18(26,27)32(30,31)29-14(12-9-5-2-6-10-12)13(28)11-7-3-1-4-8-11;1-8(2)10-6-4-9(3)5-7-10;;/h1-10,13-14H,28H2;4-8H,1-3H3;1H;/q-1;;;+2/p-1/t13-,14-;;;/m0.../s1. The van der Waals surface area contributed by atoms with E-state index in [9.17, 15) is 47.9 Å². The van der Waals surface area contributed by atoms with Crippen LogP contribution in [-0.2, 0) is 27.3 Å². The topological polar surface area (TPSA) is 74.3 Å². The quantitative estimate of drug-likeness (QED) is 0.175. The second-order valence-corrected chi connectivity index (χ2v) is 11.3. The van der Waals surface area contributed by atoms with Crippen LogP contribution in [0, 0.1) is 6.92 Å². The second-order valence-electron chi connectivity index (χ2n) is 9.60. The number of sulfonamides is 1. The number of hydrogen-bond donors (Lipinski definition) is 1. The van der Waals surface area contributed by atoms with E-state index >= 15 is 0 Å². The molecule has 0 fully saturated rings. The maximum atomic E-state index is 14.1. The Balaban J connectivity index is 0.000000675. The van der Waals surface area contributed by atoms with Gasteiger partial charge in [0.05, 0.1) is 0 Å². The molecular formula is C28H28ClF9N2O2RuS. The summed E-state index contributed by atoms with van der Waals surface area (Å²) in [6.07, 6.45) is -7.17. The Kier molecular flexibility index (Phi) is 14.4. The number of nitrogens with two attached hydrogens (primary N) is 1. The normalized spacial score (nSPS) is 14.1. The van der Waals surface area contributed by atoms with E-state index in [0.717, 1.165) is 12.1 Å². The Labute approximate surface area is 263 Å². The Morgan fingerprint density at radius 3 is 1.48 bits per heavy atom. The van der Waals surface area contributed by atoms with Crippen LogP contribution in [0.4, 0.5) is 39.5 Å². The number of aryl methyl sites for hydroxylation is 1. The number of benzene rings is 3. The third-order valence-corrected chi connectivity index (χ3v) is 7.51. The van der Waals surface area contributed by atoms with E-state index in [-0.39, 0.29) is 11.1 Å². The van der Waals surface area contributed by atoms with E-state index in [2.05, 4.69) is 59.4 Å². The van der Waals surface area contributed by atoms with Gasteiger partial charge in [-0.1, -0.05) is 116 Å². The molecule has 0 unspecified atom stereocenters. The molecule has 0 aliphatic heterocycles. The zero-order valence-corrected chi connectivity index (χ0v) is 26.5. The van der Waals surface area contributed by atoms with Crippen molar-refractivity contribution >= 4 is 19.7 Å². The molecule has 3 aromatic rings. The van der Waals surface area contributed by atoms with Gasteiger partial charge in [0.15, 0.2) is 0 Å². The van der Waals surface area contributed by atoms with Crippen LogP contribution in [0.3, 0.4) is 0 Å². The zero-order chi connectivity index (χ0) is 34.1. The summed E-state index contributed by atoms with van der Waals surface area (Å²) in [6.45, 7) is 6.54. The Hall–Kier alpha value is -2.19. The summed E-state index contributed by atoms with van der Waals surface area (Å²) in [7, 11) is -2.41. The van der Waals surface area contributed by atoms with Gasteiger partial charge in [-0.2, -0.15) is 39.5 Å². The van der Waals surface area contributed by atoms with E-state index in [1.165, 1.54) is 59.7 Å². The number of hydrogen-bond acceptors (Lipinski definition) is 3. The monoisotopic (exact) mass is 764 g/mol. The van der Waals surface area contributed by atoms with Crippen LogP contribution in [0.5, 0.6) is 0 Å². The van der Waals surface area contributed by atoms with Gasteiger partial charge in [-0.25, -0.2) is 8.42 Å². The van der Waals surface area contributed by atoms with E-state index in [0.29, 0.717) is 5.92 Å². The van der Waals surface area contributed by atoms with Crippen LogP contribution in [0.1, 0.15) is 54.1 Å². The Morgan fingerprint density at radius 2 is 1.09 bits per heavy atom. The summed E-state index contributed by atoms with van der Waals surface area (Å²) >= 11 is 1.82. The summed E-state index contributed by atoms with van der Waals surface area (Å²) in [4.78, 5) is 0. The van der Waals surface area contributed by atoms with Crippen molar-refractivity contribution in [3.05, 3.63) is 112 Å². The van der Waals surface area contributed by atoms with Crippen LogP contribution >= 0.6 is 9.69 Å². The molecule has 3 rings (SSSR count). The van der Waals surface area contributed by atoms with Gasteiger partial charge in [-0.3, -0.25) is 0 Å². The Bertz CT molecular complexity index is 1400. The van der Waals surface area contributed by atoms with Crippen LogP contribution in [0.25, 0.3) is 4.72 Å². The minimum absolute atomic E-state index is 0.0935. The van der Waals surface area contributed by atoms with Crippen molar-refractivity contribution in [3.63, 3.8) is 0 Å². The van der Waals surface area contributed by atoms with Gasteiger partial charge in [0.2, 0.25) is 0 Å². The van der Waals surface area contributed by atoms with E-state index in [4.69, 9.17) is 5.73 Å². The van der Waals surface area contributed by atoms with E-state index < -0.39 is 45.4 Å². The third-order valence-electron chi connectivity index (χ3n) is 6.10. The van der Waals surface area contributed by atoms with E-state index in [1.54, 1.807) is 0 Å². The summed E-state index contributed by atoms with van der Waals surface area (Å²) in [5.74, 6) is -14.1. The van der Waals surface area contributed by atoms with Gasteiger partial charge in [-0.05, 0) is 24.0 Å². The van der Waals surface area contributed by atoms with Gasteiger partial charge in [-0.15, -0.1) is 0 Å². The molecule has 16 heteroatoms. The molecule has 0 bridgehead atoms. The van der Waals surface area contributed by atoms with Crippen LogP contribution in [0.2, 0.25) is 0 Å². The molecule has 2 N–H and O–H groups in total. The van der Waals surface area contributed by atoms with Crippen molar-refractivity contribution in [2.75, 3.05) is 0 Å². The molecule has 44 heavy (non-hydrogen) atoms. The van der Waals surface area contributed by atoms with Crippen LogP contribution < -0.4 is 5.73 Å². The number of halogens is 10. The number of nitrogens with zero attached hydrogens (tertiary/aromatic N) is 1. The van der Waals surface area contributed by atoms with Crippen molar-refractivity contribution in [1.29, 1.82) is 0 Å². The van der Waals surface area contributed by atoms with Gasteiger partial charge >= 0.3 is 50.3 Å². The molecule has 0 heterocycles. The summed E-state index contributed by atoms with van der Waals surface area (Å²) < 4.78 is 145. The summed E-state index contributed by atoms with van der Waals surface area (Å²) in [6, 6.07) is 18.3. The molecule has 3 aromatic carbocycles. The van der Waals surface area contributed by atoms with Gasteiger partial charge in [0.1, 0.15) is 10.0 Å². The van der Waals surface area contributed by atoms with Gasteiger partial charge in [0.25, 0.3) is 0 Å². The minimum atomic E-state index is -7.38. The molecule has 0 radical (unpaired) electrons. The molecule has 0 aliphatic carbocycles. The van der Waals surface area contributed by atoms with E-state index in [1.807, 2.05) is 17.3 Å². The SMILES string of the molecule is Cc1ccc(C(C)C)cc1.N[C@@H](c1ccccc1)[C@@H]([N-]S(=O)(=O)C(F)(F)C(F)(F)C(F)(F)C(F)(F)F)c1ccccc1.[Cl][Ru+]. The first-order valence-corrected chi connectivity index (χ1v) is 16.1. The van der Waals surface area contributed by atoms with Crippen molar-refractivity contribution in [2.45, 2.75) is 62.0 Å². The van der Waals surface area contributed by atoms with Gasteiger partial charge in [0, 0.05) is 6.04 Å². The van der Waals surface area contributed by atoms with Gasteiger partial charge < -0.3 is 10.5 Å². The van der Waals surface area contributed by atoms with Crippen LogP contribution in [0.15, 0.2) is 84.9 Å². The van der Waals surface area contributed by atoms with Crippen molar-refractivity contribution in [2.24, 2.45) is 5.73 Å². The second kappa shape index (κ2) is 15.9. The predicted molar refractivity (Wildman–Crippen MR) is 147 cm³/mol. The number of alkyl halides is 9. The molecule has 0 aliphatic rings. The fourth-order valence-corrected chi connectivity index (χ4v) is 4.67. The van der Waals surface area contributed by atoms with Crippen LogP contribution in [-0.4, -0.2) is 31.7 Å². The van der Waals surface area contributed by atoms with Crippen molar-refractivity contribution in [1.82, 2.24) is 0 Å². The molecule has 0 amide bonds. The maximum absolute atomic E-state index is 14.1. The number of rotatable bonds is 9. The summed E-state index contributed by atoms with van der Waals surface area (Å²) in [5.41, 5.74) is 8.52. The molecule has 2 atom stereocenters. The van der Waals surface area contributed by atoms with Crippen molar-refractivity contribution < 1.29 is 65.2 Å². The average Bonchev–Trinajstić information content (AvgIpc) is 2.97. The zero-order valence-electron chi connectivity index (χ0n) is 23.2. The molecule has 0 saturated carbocycles. The molecule has 246 valence electrons. The summed E-state index contributed by atoms with van der Waals surface area (Å²) in [5, 5.41) is -6.93. The molecular weight excluding hydrogens is 736 g/mol. The first-order chi connectivity index (χ1) is 20.2. The Morgan fingerprint density at radius 1 is 0.682 bits per heavy atom. The molecule has 0 spiro atoms. The molecule has 0 aromatic heterocycles. The molecule has 4 nitrogen and oxygen atoms in total. The predicted octanol–water partition coefficient (Wildman–Crippen LogP) is 9.36. The van der Waals surface area contributed by atoms with Crippen molar-refractivity contribution in [3.8, 4) is 0 Å². The fourth-order valence-electron chi connectivity index (χ4n) is 3.53. The first-order valence-electron chi connectivity index (χ1n) is 12.4.